The van der Waals surface area contributed by atoms with E-state index in [9.17, 15) is 4.79 Å². The van der Waals surface area contributed by atoms with E-state index in [1.54, 1.807) is 27.3 Å². The number of hydrogen-bond donors (Lipinski definition) is 1. The second kappa shape index (κ2) is 6.86. The third-order valence-corrected chi connectivity index (χ3v) is 2.49. The standard InChI is InChI=1S/C13H20N2O3/c1-14-8-10-5-6-11(17-4)7-12(10)18-9-13(16)15(2)3/h5-7,14H,8-9H2,1-4H3. The van der Waals surface area contributed by atoms with Crippen molar-refractivity contribution in [3.8, 4) is 11.5 Å². The number of nitrogens with zero attached hydrogens (tertiary/aromatic N) is 1. The Labute approximate surface area is 108 Å². The fourth-order valence-electron chi connectivity index (χ4n) is 1.40. The molecule has 0 bridgehead atoms. The molecule has 5 nitrogen and oxygen atoms in total. The molecule has 0 saturated heterocycles. The lowest BCUT2D eigenvalue weighted by Crippen LogP contribution is -2.27. The van der Waals surface area contributed by atoms with Crippen LogP contribution in [0.4, 0.5) is 0 Å². The molecule has 0 saturated carbocycles. The Kier molecular flexibility index (Phi) is 5.45. The van der Waals surface area contributed by atoms with Crippen LogP contribution >= 0.6 is 0 Å². The first-order valence-corrected chi connectivity index (χ1v) is 5.73. The molecule has 0 atom stereocenters. The Balaban J connectivity index is 2.80. The summed E-state index contributed by atoms with van der Waals surface area (Å²) in [5.74, 6) is 1.30. The van der Waals surface area contributed by atoms with Gasteiger partial charge in [0.25, 0.3) is 5.91 Å². The van der Waals surface area contributed by atoms with Crippen molar-refractivity contribution in [2.24, 2.45) is 0 Å². The largest absolute Gasteiger partial charge is 0.497 e. The van der Waals surface area contributed by atoms with Gasteiger partial charge >= 0.3 is 0 Å². The summed E-state index contributed by atoms with van der Waals surface area (Å²) in [7, 11) is 6.86. The zero-order valence-corrected chi connectivity index (χ0v) is 11.3. The third-order valence-electron chi connectivity index (χ3n) is 2.49. The summed E-state index contributed by atoms with van der Waals surface area (Å²) in [6, 6.07) is 5.58. The number of nitrogens with one attached hydrogen (secondary N) is 1. The van der Waals surface area contributed by atoms with Crippen LogP contribution in [0.15, 0.2) is 18.2 Å². The molecule has 0 aliphatic carbocycles. The summed E-state index contributed by atoms with van der Waals surface area (Å²) in [6.07, 6.45) is 0. The lowest BCUT2D eigenvalue weighted by Gasteiger charge is -2.14. The Hall–Kier alpha value is -1.75. The molecule has 0 heterocycles. The molecule has 0 radical (unpaired) electrons. The minimum Gasteiger partial charge on any atom is -0.497 e. The highest BCUT2D eigenvalue weighted by atomic mass is 16.5. The predicted octanol–water partition coefficient (Wildman–Crippen LogP) is 0.882. The maximum absolute atomic E-state index is 11.5. The first kappa shape index (κ1) is 14.3. The van der Waals surface area contributed by atoms with Crippen molar-refractivity contribution in [3.05, 3.63) is 23.8 Å². The number of methoxy groups -OCH3 is 1. The summed E-state index contributed by atoms with van der Waals surface area (Å²) in [6.45, 7) is 0.701. The Morgan fingerprint density at radius 1 is 1.39 bits per heavy atom. The fraction of sp³-hybridized carbons (Fsp3) is 0.462. The zero-order valence-electron chi connectivity index (χ0n) is 11.3. The summed E-state index contributed by atoms with van der Waals surface area (Å²) < 4.78 is 10.7. The summed E-state index contributed by atoms with van der Waals surface area (Å²) in [5.41, 5.74) is 0.991. The highest BCUT2D eigenvalue weighted by Gasteiger charge is 2.09. The van der Waals surface area contributed by atoms with Gasteiger partial charge in [0.05, 0.1) is 7.11 Å². The van der Waals surface area contributed by atoms with Crippen LogP contribution in [0.3, 0.4) is 0 Å². The fourth-order valence-corrected chi connectivity index (χ4v) is 1.40. The van der Waals surface area contributed by atoms with Crippen LogP contribution < -0.4 is 14.8 Å². The molecule has 0 aliphatic rings. The van der Waals surface area contributed by atoms with Crippen LogP contribution in [0.5, 0.6) is 11.5 Å². The smallest absolute Gasteiger partial charge is 0.259 e. The third kappa shape index (κ3) is 3.92. The molecule has 1 amide bonds. The molecule has 1 rings (SSSR count). The Bertz CT molecular complexity index is 405. The van der Waals surface area contributed by atoms with E-state index in [-0.39, 0.29) is 12.5 Å². The molecule has 0 aliphatic heterocycles. The molecule has 0 fully saturated rings. The summed E-state index contributed by atoms with van der Waals surface area (Å²) in [4.78, 5) is 13.0. The molecule has 1 N–H and O–H groups in total. The zero-order chi connectivity index (χ0) is 13.5. The lowest BCUT2D eigenvalue weighted by atomic mass is 10.2. The van der Waals surface area contributed by atoms with E-state index in [0.29, 0.717) is 18.0 Å². The minimum atomic E-state index is -0.0757. The van der Waals surface area contributed by atoms with Gasteiger partial charge in [0.15, 0.2) is 6.61 Å². The van der Waals surface area contributed by atoms with Gasteiger partial charge in [0, 0.05) is 32.3 Å². The number of rotatable bonds is 6. The van der Waals surface area contributed by atoms with E-state index < -0.39 is 0 Å². The molecule has 5 heteroatoms. The average molecular weight is 252 g/mol. The van der Waals surface area contributed by atoms with E-state index in [1.165, 1.54) is 4.90 Å². The van der Waals surface area contributed by atoms with Crippen molar-refractivity contribution >= 4 is 5.91 Å². The first-order chi connectivity index (χ1) is 8.58. The SMILES string of the molecule is CNCc1ccc(OC)cc1OCC(=O)N(C)C. The van der Waals surface area contributed by atoms with Gasteiger partial charge in [-0.25, -0.2) is 0 Å². The quantitative estimate of drug-likeness (QED) is 0.816. The van der Waals surface area contributed by atoms with E-state index in [4.69, 9.17) is 9.47 Å². The summed E-state index contributed by atoms with van der Waals surface area (Å²) in [5, 5.41) is 3.06. The lowest BCUT2D eigenvalue weighted by molar-refractivity contribution is -0.130. The second-order valence-corrected chi connectivity index (χ2v) is 4.08. The number of carbonyl (C=O) groups excluding carboxylic acids is 1. The van der Waals surface area contributed by atoms with Gasteiger partial charge < -0.3 is 19.7 Å². The average Bonchev–Trinajstić information content (AvgIpc) is 2.37. The molecule has 0 unspecified atom stereocenters. The van der Waals surface area contributed by atoms with Crippen molar-refractivity contribution in [2.45, 2.75) is 6.54 Å². The van der Waals surface area contributed by atoms with Gasteiger partial charge in [-0.3, -0.25) is 4.79 Å². The van der Waals surface area contributed by atoms with Gasteiger partial charge in [-0.1, -0.05) is 6.07 Å². The van der Waals surface area contributed by atoms with Crippen LogP contribution in [0.1, 0.15) is 5.56 Å². The highest BCUT2D eigenvalue weighted by molar-refractivity contribution is 5.77. The van der Waals surface area contributed by atoms with Gasteiger partial charge in [-0.2, -0.15) is 0 Å². The molecular formula is C13H20N2O3. The number of likely N-dealkylation sites (N-methyl/N-ethyl adjacent to an activating group) is 1. The predicted molar refractivity (Wildman–Crippen MR) is 69.9 cm³/mol. The number of benzene rings is 1. The van der Waals surface area contributed by atoms with Crippen molar-refractivity contribution in [3.63, 3.8) is 0 Å². The van der Waals surface area contributed by atoms with Gasteiger partial charge in [-0.15, -0.1) is 0 Å². The molecule has 0 aromatic heterocycles. The number of hydrogen-bond acceptors (Lipinski definition) is 4. The van der Waals surface area contributed by atoms with Crippen LogP contribution in [-0.4, -0.2) is 45.7 Å². The first-order valence-electron chi connectivity index (χ1n) is 5.73. The Morgan fingerprint density at radius 2 is 2.11 bits per heavy atom. The Morgan fingerprint density at radius 3 is 2.67 bits per heavy atom. The molecule has 100 valence electrons. The molecule has 18 heavy (non-hydrogen) atoms. The van der Waals surface area contributed by atoms with Crippen LogP contribution in [0, 0.1) is 0 Å². The number of carbonyl (C=O) groups is 1. The minimum absolute atomic E-state index is 0.0247. The molecule has 1 aromatic rings. The maximum Gasteiger partial charge on any atom is 0.259 e. The topological polar surface area (TPSA) is 50.8 Å². The molecule has 0 spiro atoms. The van der Waals surface area contributed by atoms with E-state index >= 15 is 0 Å². The normalized spacial score (nSPS) is 10.0. The van der Waals surface area contributed by atoms with Crippen LogP contribution in [0.2, 0.25) is 0 Å². The van der Waals surface area contributed by atoms with Crippen molar-refractivity contribution < 1.29 is 14.3 Å². The highest BCUT2D eigenvalue weighted by Crippen LogP contribution is 2.24. The van der Waals surface area contributed by atoms with Gasteiger partial charge in [0.2, 0.25) is 0 Å². The van der Waals surface area contributed by atoms with E-state index in [1.807, 2.05) is 19.2 Å². The van der Waals surface area contributed by atoms with Crippen LogP contribution in [0.25, 0.3) is 0 Å². The number of amides is 1. The summed E-state index contributed by atoms with van der Waals surface area (Å²) >= 11 is 0. The maximum atomic E-state index is 11.5. The monoisotopic (exact) mass is 252 g/mol. The van der Waals surface area contributed by atoms with Gasteiger partial charge in [0.1, 0.15) is 11.5 Å². The number of ether oxygens (including phenoxy) is 2. The molecule has 1 aromatic carbocycles. The second-order valence-electron chi connectivity index (χ2n) is 4.08. The van der Waals surface area contributed by atoms with Crippen molar-refractivity contribution in [1.29, 1.82) is 0 Å². The van der Waals surface area contributed by atoms with Crippen LogP contribution in [-0.2, 0) is 11.3 Å². The van der Waals surface area contributed by atoms with Gasteiger partial charge in [-0.05, 0) is 13.1 Å². The van der Waals surface area contributed by atoms with E-state index in [0.717, 1.165) is 5.56 Å². The molecular weight excluding hydrogens is 232 g/mol. The van der Waals surface area contributed by atoms with Crippen molar-refractivity contribution in [2.75, 3.05) is 34.9 Å². The van der Waals surface area contributed by atoms with Crippen molar-refractivity contribution in [1.82, 2.24) is 10.2 Å². The van der Waals surface area contributed by atoms with E-state index in [2.05, 4.69) is 5.32 Å².